The molecule has 3 N–H and O–H groups in total. The van der Waals surface area contributed by atoms with Crippen molar-refractivity contribution in [3.63, 3.8) is 0 Å². The van der Waals surface area contributed by atoms with Crippen LogP contribution in [0.5, 0.6) is 0 Å². The molecular formula is C9H21NO. The van der Waals surface area contributed by atoms with Gasteiger partial charge in [-0.3, -0.25) is 0 Å². The summed E-state index contributed by atoms with van der Waals surface area (Å²) in [4.78, 5) is 0. The number of aliphatic hydroxyl groups excluding tert-OH is 1. The van der Waals surface area contributed by atoms with Crippen LogP contribution in [-0.2, 0) is 0 Å². The number of rotatable bonds is 3. The van der Waals surface area contributed by atoms with Gasteiger partial charge in [0.15, 0.2) is 0 Å². The van der Waals surface area contributed by atoms with Crippen LogP contribution < -0.4 is 5.73 Å². The third kappa shape index (κ3) is 4.38. The minimum Gasteiger partial charge on any atom is -0.393 e. The maximum absolute atomic E-state index is 9.16. The number of hydrogen-bond donors (Lipinski definition) is 2. The van der Waals surface area contributed by atoms with E-state index in [0.29, 0.717) is 12.5 Å². The maximum atomic E-state index is 9.16. The molecule has 11 heavy (non-hydrogen) atoms. The van der Waals surface area contributed by atoms with E-state index in [2.05, 4.69) is 20.8 Å². The normalized spacial score (nSPS) is 18.0. The molecule has 0 aromatic heterocycles. The van der Waals surface area contributed by atoms with Gasteiger partial charge in [0.2, 0.25) is 0 Å². The van der Waals surface area contributed by atoms with Crippen molar-refractivity contribution in [1.82, 2.24) is 0 Å². The highest BCUT2D eigenvalue weighted by Crippen LogP contribution is 2.28. The molecular weight excluding hydrogens is 138 g/mol. The highest BCUT2D eigenvalue weighted by atomic mass is 16.3. The lowest BCUT2D eigenvalue weighted by atomic mass is 9.78. The van der Waals surface area contributed by atoms with E-state index in [-0.39, 0.29) is 11.5 Å². The van der Waals surface area contributed by atoms with Crippen LogP contribution in [0.2, 0.25) is 0 Å². The van der Waals surface area contributed by atoms with Crippen molar-refractivity contribution >= 4 is 0 Å². The minimum absolute atomic E-state index is 0.214. The SMILES string of the molecule is CC(O)CC(CN)C(C)(C)C. The molecule has 0 aromatic carbocycles. The second kappa shape index (κ2) is 4.07. The van der Waals surface area contributed by atoms with Crippen LogP contribution in [0.4, 0.5) is 0 Å². The summed E-state index contributed by atoms with van der Waals surface area (Å²) in [5, 5.41) is 9.16. The summed E-state index contributed by atoms with van der Waals surface area (Å²) in [5.41, 5.74) is 5.81. The van der Waals surface area contributed by atoms with Gasteiger partial charge in [0, 0.05) is 0 Å². The van der Waals surface area contributed by atoms with Crippen molar-refractivity contribution in [2.24, 2.45) is 17.1 Å². The lowest BCUT2D eigenvalue weighted by molar-refractivity contribution is 0.119. The molecule has 68 valence electrons. The Morgan fingerprint density at radius 1 is 1.36 bits per heavy atom. The molecule has 2 atom stereocenters. The molecule has 2 nitrogen and oxygen atoms in total. The van der Waals surface area contributed by atoms with E-state index in [1.165, 1.54) is 0 Å². The van der Waals surface area contributed by atoms with Gasteiger partial charge in [-0.05, 0) is 31.2 Å². The van der Waals surface area contributed by atoms with E-state index >= 15 is 0 Å². The van der Waals surface area contributed by atoms with E-state index in [0.717, 1.165) is 6.42 Å². The Kier molecular flexibility index (Phi) is 4.04. The number of aliphatic hydroxyl groups is 1. The van der Waals surface area contributed by atoms with Crippen molar-refractivity contribution < 1.29 is 5.11 Å². The number of hydrogen-bond acceptors (Lipinski definition) is 2. The van der Waals surface area contributed by atoms with E-state index in [9.17, 15) is 0 Å². The summed E-state index contributed by atoms with van der Waals surface area (Å²) in [7, 11) is 0. The molecule has 2 heteroatoms. The van der Waals surface area contributed by atoms with E-state index in [1.54, 1.807) is 0 Å². The molecule has 0 saturated carbocycles. The van der Waals surface area contributed by atoms with Gasteiger partial charge in [-0.25, -0.2) is 0 Å². The van der Waals surface area contributed by atoms with Gasteiger partial charge >= 0.3 is 0 Å². The first-order chi connectivity index (χ1) is 4.88. The van der Waals surface area contributed by atoms with Crippen LogP contribution in [-0.4, -0.2) is 17.8 Å². The second-order valence-corrected chi connectivity index (χ2v) is 4.38. The van der Waals surface area contributed by atoms with Gasteiger partial charge in [0.1, 0.15) is 0 Å². The molecule has 0 spiro atoms. The number of nitrogens with two attached hydrogens (primary N) is 1. The fourth-order valence-electron chi connectivity index (χ4n) is 1.22. The summed E-state index contributed by atoms with van der Waals surface area (Å²) < 4.78 is 0. The summed E-state index contributed by atoms with van der Waals surface area (Å²) in [6, 6.07) is 0. The predicted molar refractivity (Wildman–Crippen MR) is 48.3 cm³/mol. The largest absolute Gasteiger partial charge is 0.393 e. The van der Waals surface area contributed by atoms with Gasteiger partial charge in [-0.1, -0.05) is 20.8 Å². The van der Waals surface area contributed by atoms with Crippen LogP contribution in [0.15, 0.2) is 0 Å². The highest BCUT2D eigenvalue weighted by Gasteiger charge is 2.23. The fraction of sp³-hybridized carbons (Fsp3) is 1.00. The second-order valence-electron chi connectivity index (χ2n) is 4.38. The van der Waals surface area contributed by atoms with Crippen molar-refractivity contribution in [2.45, 2.75) is 40.2 Å². The Morgan fingerprint density at radius 2 is 1.82 bits per heavy atom. The summed E-state index contributed by atoms with van der Waals surface area (Å²) >= 11 is 0. The van der Waals surface area contributed by atoms with Crippen LogP contribution in [0.25, 0.3) is 0 Å². The van der Waals surface area contributed by atoms with E-state index in [1.807, 2.05) is 6.92 Å². The monoisotopic (exact) mass is 159 g/mol. The van der Waals surface area contributed by atoms with Crippen molar-refractivity contribution in [3.05, 3.63) is 0 Å². The zero-order chi connectivity index (χ0) is 9.07. The summed E-state index contributed by atoms with van der Waals surface area (Å²) in [6.07, 6.45) is 0.572. The molecule has 0 heterocycles. The molecule has 0 saturated heterocycles. The van der Waals surface area contributed by atoms with Crippen LogP contribution >= 0.6 is 0 Å². The molecule has 0 aliphatic rings. The molecule has 0 amide bonds. The van der Waals surface area contributed by atoms with Crippen molar-refractivity contribution in [2.75, 3.05) is 6.54 Å². The first-order valence-corrected chi connectivity index (χ1v) is 4.26. The zero-order valence-corrected chi connectivity index (χ0v) is 8.09. The Morgan fingerprint density at radius 3 is 1.91 bits per heavy atom. The Labute approximate surface area is 69.8 Å². The van der Waals surface area contributed by atoms with Crippen LogP contribution in [0.3, 0.4) is 0 Å². The molecule has 0 aliphatic carbocycles. The quantitative estimate of drug-likeness (QED) is 0.653. The Hall–Kier alpha value is -0.0800. The third-order valence-corrected chi connectivity index (χ3v) is 2.13. The molecule has 0 rings (SSSR count). The first kappa shape index (κ1) is 10.9. The van der Waals surface area contributed by atoms with Crippen molar-refractivity contribution in [3.8, 4) is 0 Å². The zero-order valence-electron chi connectivity index (χ0n) is 8.09. The first-order valence-electron chi connectivity index (χ1n) is 4.26. The highest BCUT2D eigenvalue weighted by molar-refractivity contribution is 4.76. The fourth-order valence-corrected chi connectivity index (χ4v) is 1.22. The third-order valence-electron chi connectivity index (χ3n) is 2.13. The molecule has 0 bridgehead atoms. The van der Waals surface area contributed by atoms with Crippen molar-refractivity contribution in [1.29, 1.82) is 0 Å². The topological polar surface area (TPSA) is 46.2 Å². The lowest BCUT2D eigenvalue weighted by Gasteiger charge is -2.30. The van der Waals surface area contributed by atoms with E-state index in [4.69, 9.17) is 10.8 Å². The summed E-state index contributed by atoms with van der Waals surface area (Å²) in [5.74, 6) is 0.419. The molecule has 0 aromatic rings. The van der Waals surface area contributed by atoms with Gasteiger partial charge in [-0.15, -0.1) is 0 Å². The molecule has 0 fully saturated rings. The van der Waals surface area contributed by atoms with Gasteiger partial charge < -0.3 is 10.8 Å². The Balaban J connectivity index is 3.96. The standard InChI is InChI=1S/C9H21NO/c1-7(11)5-8(6-10)9(2,3)4/h7-8,11H,5-6,10H2,1-4H3. The van der Waals surface area contributed by atoms with Gasteiger partial charge in [-0.2, -0.15) is 0 Å². The maximum Gasteiger partial charge on any atom is 0.0515 e. The predicted octanol–water partition coefficient (Wildman–Crippen LogP) is 1.38. The van der Waals surface area contributed by atoms with Crippen LogP contribution in [0, 0.1) is 11.3 Å². The average molecular weight is 159 g/mol. The molecule has 0 aliphatic heterocycles. The molecule has 2 unspecified atom stereocenters. The average Bonchev–Trinajstić information content (AvgIpc) is 1.79. The summed E-state index contributed by atoms with van der Waals surface area (Å²) in [6.45, 7) is 8.95. The lowest BCUT2D eigenvalue weighted by Crippen LogP contribution is -2.30. The Bertz CT molecular complexity index is 105. The smallest absolute Gasteiger partial charge is 0.0515 e. The van der Waals surface area contributed by atoms with E-state index < -0.39 is 0 Å². The van der Waals surface area contributed by atoms with Gasteiger partial charge in [0.05, 0.1) is 6.10 Å². The van der Waals surface area contributed by atoms with Gasteiger partial charge in [0.25, 0.3) is 0 Å². The van der Waals surface area contributed by atoms with Crippen LogP contribution in [0.1, 0.15) is 34.1 Å². The molecule has 0 radical (unpaired) electrons. The minimum atomic E-state index is -0.234.